The molecule has 0 spiro atoms. The quantitative estimate of drug-likeness (QED) is 0.579. The average Bonchev–Trinajstić information content (AvgIpc) is 3.31. The molecule has 2 saturated heterocycles. The summed E-state index contributed by atoms with van der Waals surface area (Å²) in [5, 5.41) is 14.6. The van der Waals surface area contributed by atoms with Crippen LogP contribution < -0.4 is 10.2 Å². The van der Waals surface area contributed by atoms with Gasteiger partial charge >= 0.3 is 6.18 Å². The summed E-state index contributed by atoms with van der Waals surface area (Å²) >= 11 is 3.46. The Morgan fingerprint density at radius 2 is 1.69 bits per heavy atom. The predicted molar refractivity (Wildman–Crippen MR) is 136 cm³/mol. The van der Waals surface area contributed by atoms with E-state index in [0.29, 0.717) is 0 Å². The van der Waals surface area contributed by atoms with Gasteiger partial charge in [-0.25, -0.2) is 4.31 Å². The van der Waals surface area contributed by atoms with E-state index in [2.05, 4.69) is 30.9 Å². The minimum absolute atomic E-state index is 0.126. The molecule has 194 valence electrons. The molecule has 0 bridgehead atoms. The number of hydrogen-bond acceptors (Lipinski definition) is 7. The summed E-state index contributed by atoms with van der Waals surface area (Å²) in [6.45, 7) is 9.75. The number of benzene rings is 1. The topological polar surface area (TPSA) is 59.1 Å². The Morgan fingerprint density at radius 1 is 1.06 bits per heavy atom. The summed E-state index contributed by atoms with van der Waals surface area (Å²) in [5.74, 6) is 0.126. The molecule has 0 aliphatic carbocycles. The Balaban J connectivity index is 0.000000287. The number of alkyl halides is 3. The number of likely N-dealkylation sites (N-methyl/N-ethyl adjacent to an activating group) is 1. The molecule has 6 nitrogen and oxygen atoms in total. The second kappa shape index (κ2) is 11.1. The Kier molecular flexibility index (Phi) is 8.80. The molecule has 0 saturated carbocycles. The van der Waals surface area contributed by atoms with Crippen molar-refractivity contribution in [2.75, 3.05) is 51.2 Å². The van der Waals surface area contributed by atoms with Crippen LogP contribution in [0.25, 0.3) is 0 Å². The molecule has 2 aliphatic heterocycles. The minimum atomic E-state index is -4.70. The van der Waals surface area contributed by atoms with Crippen molar-refractivity contribution in [3.8, 4) is 0 Å². The van der Waals surface area contributed by atoms with Gasteiger partial charge in [0.05, 0.1) is 9.75 Å². The highest BCUT2D eigenvalue weighted by atomic mass is 32.2. The Bertz CT molecular complexity index is 958. The smallest absolute Gasteiger partial charge is 0.376 e. The summed E-state index contributed by atoms with van der Waals surface area (Å²) in [7, 11) is 1.97. The SMILES string of the molecule is CC(O)(c1ccc(N2CCN(Sc3cccs3)CC2)cc1)C(F)(F)F.CN1CCNC(=O)C1(C)C. The first kappa shape index (κ1) is 27.8. The first-order chi connectivity index (χ1) is 16.3. The fourth-order valence-corrected chi connectivity index (χ4v) is 5.49. The number of anilines is 1. The standard InChI is InChI=1S/C17H19F3N2OS2.C7H14N2O/c1-16(23,17(18,19)20)13-4-6-14(7-5-13)21-8-10-22(11-9-21)25-15-3-2-12-24-15;1-7(2)6(10)8-4-5-9(7)3/h2-7,12,23H,8-11H2,1H3;4-5H2,1-3H3,(H,8,10). The molecule has 1 atom stereocenters. The number of rotatable bonds is 4. The maximum Gasteiger partial charge on any atom is 0.421 e. The van der Waals surface area contributed by atoms with Gasteiger partial charge in [-0.1, -0.05) is 18.2 Å². The molecule has 2 N–H and O–H groups in total. The van der Waals surface area contributed by atoms with E-state index in [0.717, 1.165) is 51.9 Å². The van der Waals surface area contributed by atoms with E-state index >= 15 is 0 Å². The van der Waals surface area contributed by atoms with Crippen LogP contribution in [-0.2, 0) is 10.4 Å². The second-order valence-corrected chi connectivity index (χ2v) is 11.6. The van der Waals surface area contributed by atoms with Crippen molar-refractivity contribution in [1.29, 1.82) is 0 Å². The first-order valence-electron chi connectivity index (χ1n) is 11.4. The monoisotopic (exact) mass is 530 g/mol. The van der Waals surface area contributed by atoms with Crippen LogP contribution in [0.1, 0.15) is 26.3 Å². The Labute approximate surface area is 213 Å². The van der Waals surface area contributed by atoms with Gasteiger partial charge in [0.2, 0.25) is 5.91 Å². The van der Waals surface area contributed by atoms with Crippen LogP contribution >= 0.6 is 23.3 Å². The minimum Gasteiger partial charge on any atom is -0.376 e. The van der Waals surface area contributed by atoms with Crippen molar-refractivity contribution in [1.82, 2.24) is 14.5 Å². The number of nitrogens with zero attached hydrogens (tertiary/aromatic N) is 3. The van der Waals surface area contributed by atoms with Gasteiger partial charge in [0.25, 0.3) is 0 Å². The molecule has 11 heteroatoms. The van der Waals surface area contributed by atoms with E-state index < -0.39 is 11.8 Å². The van der Waals surface area contributed by atoms with Gasteiger partial charge in [-0.05, 0) is 68.9 Å². The lowest BCUT2D eigenvalue weighted by molar-refractivity contribution is -0.258. The lowest BCUT2D eigenvalue weighted by atomic mass is 9.95. The molecule has 2 fully saturated rings. The van der Waals surface area contributed by atoms with Gasteiger partial charge < -0.3 is 15.3 Å². The van der Waals surface area contributed by atoms with Crippen molar-refractivity contribution in [3.63, 3.8) is 0 Å². The summed E-state index contributed by atoms with van der Waals surface area (Å²) in [4.78, 5) is 15.4. The fourth-order valence-electron chi connectivity index (χ4n) is 3.65. The van der Waals surface area contributed by atoms with Crippen LogP contribution in [-0.4, -0.2) is 78.3 Å². The molecule has 1 aromatic heterocycles. The van der Waals surface area contributed by atoms with E-state index in [1.165, 1.54) is 16.3 Å². The van der Waals surface area contributed by atoms with E-state index in [1.54, 1.807) is 35.4 Å². The normalized spacial score (nSPS) is 21.0. The van der Waals surface area contributed by atoms with Crippen LogP contribution in [0.4, 0.5) is 18.9 Å². The first-order valence-corrected chi connectivity index (χ1v) is 13.1. The molecule has 3 heterocycles. The Morgan fingerprint density at radius 3 is 2.17 bits per heavy atom. The van der Waals surface area contributed by atoms with Gasteiger partial charge in [0.1, 0.15) is 0 Å². The molecule has 2 aliphatic rings. The number of amides is 1. The summed E-state index contributed by atoms with van der Waals surface area (Å²) in [5.41, 5.74) is -2.42. The van der Waals surface area contributed by atoms with E-state index in [4.69, 9.17) is 0 Å². The molecule has 35 heavy (non-hydrogen) atoms. The third-order valence-corrected chi connectivity index (χ3v) is 8.66. The summed E-state index contributed by atoms with van der Waals surface area (Å²) < 4.78 is 42.3. The van der Waals surface area contributed by atoms with Crippen molar-refractivity contribution in [3.05, 3.63) is 47.3 Å². The maximum atomic E-state index is 12.9. The number of aliphatic hydroxyl groups is 1. The molecule has 1 amide bonds. The van der Waals surface area contributed by atoms with Crippen LogP contribution in [0.15, 0.2) is 46.0 Å². The number of piperazine rings is 2. The van der Waals surface area contributed by atoms with Gasteiger partial charge in [-0.3, -0.25) is 9.69 Å². The van der Waals surface area contributed by atoms with Crippen molar-refractivity contribution in [2.45, 2.75) is 42.3 Å². The van der Waals surface area contributed by atoms with Crippen LogP contribution in [0, 0.1) is 0 Å². The van der Waals surface area contributed by atoms with Gasteiger partial charge in [-0.2, -0.15) is 13.2 Å². The zero-order valence-corrected chi connectivity index (χ0v) is 22.1. The Hall–Kier alpha value is -1.79. The largest absolute Gasteiger partial charge is 0.421 e. The zero-order valence-electron chi connectivity index (χ0n) is 20.4. The summed E-state index contributed by atoms with van der Waals surface area (Å²) in [6.07, 6.45) is -4.70. The molecule has 2 aromatic rings. The average molecular weight is 531 g/mol. The molecule has 4 rings (SSSR count). The van der Waals surface area contributed by atoms with E-state index in [1.807, 2.05) is 27.0 Å². The lowest BCUT2D eigenvalue weighted by Crippen LogP contribution is -2.60. The third-order valence-electron chi connectivity index (χ3n) is 6.54. The van der Waals surface area contributed by atoms with E-state index in [9.17, 15) is 23.1 Å². The highest BCUT2D eigenvalue weighted by Crippen LogP contribution is 2.39. The fraction of sp³-hybridized carbons (Fsp3) is 0.542. The summed E-state index contributed by atoms with van der Waals surface area (Å²) in [6, 6.07) is 10.1. The number of carbonyl (C=O) groups is 1. The highest BCUT2D eigenvalue weighted by Gasteiger charge is 2.51. The predicted octanol–water partition coefficient (Wildman–Crippen LogP) is 4.17. The zero-order chi connectivity index (χ0) is 25.9. The van der Waals surface area contributed by atoms with Crippen molar-refractivity contribution < 1.29 is 23.1 Å². The van der Waals surface area contributed by atoms with Crippen LogP contribution in [0.3, 0.4) is 0 Å². The van der Waals surface area contributed by atoms with Gasteiger partial charge in [-0.15, -0.1) is 11.3 Å². The van der Waals surface area contributed by atoms with E-state index in [-0.39, 0.29) is 17.0 Å². The molecular weight excluding hydrogens is 497 g/mol. The number of hydrogen-bond donors (Lipinski definition) is 2. The highest BCUT2D eigenvalue weighted by molar-refractivity contribution is 7.98. The number of halogens is 3. The molecular formula is C24H33F3N4O2S2. The molecule has 0 radical (unpaired) electrons. The van der Waals surface area contributed by atoms with Crippen molar-refractivity contribution in [2.24, 2.45) is 0 Å². The lowest BCUT2D eigenvalue weighted by Gasteiger charge is -2.38. The third kappa shape index (κ3) is 6.71. The number of nitrogens with one attached hydrogen (secondary N) is 1. The number of thiophene rings is 1. The maximum absolute atomic E-state index is 12.9. The second-order valence-electron chi connectivity index (χ2n) is 9.29. The molecule has 1 unspecified atom stereocenters. The van der Waals surface area contributed by atoms with Crippen LogP contribution in [0.2, 0.25) is 0 Å². The van der Waals surface area contributed by atoms with Crippen molar-refractivity contribution >= 4 is 34.9 Å². The van der Waals surface area contributed by atoms with Gasteiger partial charge in [0, 0.05) is 45.0 Å². The molecule has 1 aromatic carbocycles. The van der Waals surface area contributed by atoms with Crippen LogP contribution in [0.5, 0.6) is 0 Å². The number of carbonyl (C=O) groups excluding carboxylic acids is 1. The van der Waals surface area contributed by atoms with Gasteiger partial charge in [0.15, 0.2) is 5.60 Å².